The molecule has 1 aliphatic heterocycles. The Morgan fingerprint density at radius 2 is 1.85 bits per heavy atom. The van der Waals surface area contributed by atoms with Crippen LogP contribution >= 0.6 is 11.8 Å². The summed E-state index contributed by atoms with van der Waals surface area (Å²) in [6.07, 6.45) is 1.78. The van der Waals surface area contributed by atoms with Crippen molar-refractivity contribution in [1.29, 1.82) is 0 Å². The highest BCUT2D eigenvalue weighted by Gasteiger charge is 2.34. The maximum Gasteiger partial charge on any atom is 0.295 e. The minimum atomic E-state index is -0.256. The van der Waals surface area contributed by atoms with E-state index in [4.69, 9.17) is 0 Å². The fraction of sp³-hybridized carbons (Fsp3) is 0.238. The second-order valence-corrected chi connectivity index (χ2v) is 7.63. The Labute approximate surface area is 158 Å². The summed E-state index contributed by atoms with van der Waals surface area (Å²) in [6, 6.07) is 15.9. The molecule has 0 bridgehead atoms. The molecule has 2 amide bonds. The molecule has 1 saturated heterocycles. The van der Waals surface area contributed by atoms with Gasteiger partial charge in [0.25, 0.3) is 11.1 Å². The number of imide groups is 1. The van der Waals surface area contributed by atoms with Crippen molar-refractivity contribution in [1.82, 2.24) is 4.90 Å². The van der Waals surface area contributed by atoms with Gasteiger partial charge in [0.15, 0.2) is 0 Å². The minimum absolute atomic E-state index is 0.164. The molecule has 0 spiro atoms. The van der Waals surface area contributed by atoms with Gasteiger partial charge < -0.3 is 5.32 Å². The zero-order valence-electron chi connectivity index (χ0n) is 15.2. The van der Waals surface area contributed by atoms with Gasteiger partial charge in [-0.2, -0.15) is 0 Å². The molecular weight excluding hydrogens is 344 g/mol. The quantitative estimate of drug-likeness (QED) is 0.737. The van der Waals surface area contributed by atoms with Crippen LogP contribution in [0.15, 0.2) is 53.4 Å². The number of benzene rings is 2. The predicted molar refractivity (Wildman–Crippen MR) is 108 cm³/mol. The zero-order chi connectivity index (χ0) is 18.7. The van der Waals surface area contributed by atoms with E-state index in [1.54, 1.807) is 6.08 Å². The first-order valence-corrected chi connectivity index (χ1v) is 9.41. The van der Waals surface area contributed by atoms with Crippen molar-refractivity contribution >= 4 is 34.7 Å². The Hall–Kier alpha value is -2.53. The van der Waals surface area contributed by atoms with Gasteiger partial charge in [-0.15, -0.1) is 0 Å². The van der Waals surface area contributed by atoms with E-state index in [2.05, 4.69) is 31.3 Å². The fourth-order valence-corrected chi connectivity index (χ4v) is 3.53. The molecule has 4 nitrogen and oxygen atoms in total. The smallest absolute Gasteiger partial charge is 0.295 e. The molecular formula is C21H22N2O2S. The van der Waals surface area contributed by atoms with Crippen molar-refractivity contribution in [2.24, 2.45) is 0 Å². The molecule has 26 heavy (non-hydrogen) atoms. The lowest BCUT2D eigenvalue weighted by Crippen LogP contribution is -2.33. The maximum atomic E-state index is 12.6. The number of thioether (sulfide) groups is 1. The number of carbonyl (C=O) groups excluding carboxylic acids is 2. The summed E-state index contributed by atoms with van der Waals surface area (Å²) in [4.78, 5) is 26.5. The number of rotatable bonds is 5. The molecule has 1 fully saturated rings. The Morgan fingerprint density at radius 1 is 1.12 bits per heavy atom. The molecule has 5 heteroatoms. The molecule has 0 radical (unpaired) electrons. The number of anilines is 1. The van der Waals surface area contributed by atoms with Crippen molar-refractivity contribution in [3.05, 3.63) is 70.1 Å². The average molecular weight is 366 g/mol. The Morgan fingerprint density at radius 3 is 2.50 bits per heavy atom. The van der Waals surface area contributed by atoms with E-state index in [1.165, 1.54) is 10.5 Å². The summed E-state index contributed by atoms with van der Waals surface area (Å²) < 4.78 is 0. The Balaban J connectivity index is 1.69. The van der Waals surface area contributed by atoms with Gasteiger partial charge in [-0.05, 0) is 59.5 Å². The first-order valence-electron chi connectivity index (χ1n) is 8.60. The third kappa shape index (κ3) is 4.17. The Bertz CT molecular complexity index is 857. The number of hydrogen-bond donors (Lipinski definition) is 1. The molecule has 0 unspecified atom stereocenters. The molecule has 1 aliphatic rings. The van der Waals surface area contributed by atoms with Crippen molar-refractivity contribution in [2.75, 3.05) is 12.0 Å². The second kappa shape index (κ2) is 7.79. The van der Waals surface area contributed by atoms with Crippen LogP contribution in [0.2, 0.25) is 0 Å². The monoisotopic (exact) mass is 366 g/mol. The first kappa shape index (κ1) is 18.3. The van der Waals surface area contributed by atoms with Crippen molar-refractivity contribution in [3.8, 4) is 0 Å². The van der Waals surface area contributed by atoms with Gasteiger partial charge in [0.2, 0.25) is 0 Å². The predicted octanol–water partition coefficient (Wildman–Crippen LogP) is 5.22. The fourth-order valence-electron chi connectivity index (χ4n) is 2.69. The van der Waals surface area contributed by atoms with E-state index >= 15 is 0 Å². The molecule has 2 aromatic rings. The van der Waals surface area contributed by atoms with Gasteiger partial charge in [-0.25, -0.2) is 0 Å². The lowest BCUT2D eigenvalue weighted by atomic mass is 10.0. The van der Waals surface area contributed by atoms with Crippen LogP contribution in [0, 0.1) is 6.92 Å². The first-order chi connectivity index (χ1) is 12.4. The van der Waals surface area contributed by atoms with E-state index < -0.39 is 0 Å². The standard InChI is InChI=1S/C21H22N2O2S/c1-14(2)17-9-7-16(8-10-17)12-19-20(24)23(21(25)26-19)13-22-18-6-4-5-15(3)11-18/h4-12,14,22H,13H2,1-3H3/b19-12+. The molecule has 1 heterocycles. The molecule has 0 aromatic heterocycles. The number of nitrogens with one attached hydrogen (secondary N) is 1. The van der Waals surface area contributed by atoms with Gasteiger partial charge in [0, 0.05) is 5.69 Å². The summed E-state index contributed by atoms with van der Waals surface area (Å²) in [5.41, 5.74) is 4.18. The van der Waals surface area contributed by atoms with E-state index in [-0.39, 0.29) is 17.8 Å². The van der Waals surface area contributed by atoms with Crippen molar-refractivity contribution in [3.63, 3.8) is 0 Å². The zero-order valence-corrected chi connectivity index (χ0v) is 16.0. The van der Waals surface area contributed by atoms with Gasteiger partial charge in [-0.3, -0.25) is 14.5 Å². The number of amides is 2. The molecule has 2 aromatic carbocycles. The van der Waals surface area contributed by atoms with Crippen molar-refractivity contribution < 1.29 is 9.59 Å². The van der Waals surface area contributed by atoms with E-state index in [0.717, 1.165) is 28.6 Å². The van der Waals surface area contributed by atoms with E-state index in [9.17, 15) is 9.59 Å². The highest BCUT2D eigenvalue weighted by Crippen LogP contribution is 2.32. The average Bonchev–Trinajstić information content (AvgIpc) is 2.87. The lowest BCUT2D eigenvalue weighted by molar-refractivity contribution is -0.122. The SMILES string of the molecule is Cc1cccc(NCN2C(=O)S/C(=C/c3ccc(C(C)C)cc3)C2=O)c1. The highest BCUT2D eigenvalue weighted by molar-refractivity contribution is 8.18. The number of nitrogens with zero attached hydrogens (tertiary/aromatic N) is 1. The number of aryl methyl sites for hydroxylation is 1. The third-order valence-corrected chi connectivity index (χ3v) is 5.14. The van der Waals surface area contributed by atoms with Crippen LogP contribution in [-0.4, -0.2) is 22.7 Å². The topological polar surface area (TPSA) is 49.4 Å². The van der Waals surface area contributed by atoms with Crippen LogP contribution in [-0.2, 0) is 4.79 Å². The molecule has 0 atom stereocenters. The van der Waals surface area contributed by atoms with Crippen LogP contribution in [0.25, 0.3) is 6.08 Å². The van der Waals surface area contributed by atoms with E-state index in [1.807, 2.05) is 43.3 Å². The maximum absolute atomic E-state index is 12.6. The van der Waals surface area contributed by atoms with Gasteiger partial charge >= 0.3 is 0 Å². The van der Waals surface area contributed by atoms with E-state index in [0.29, 0.717) is 10.8 Å². The van der Waals surface area contributed by atoms with Gasteiger partial charge in [0.1, 0.15) is 0 Å². The van der Waals surface area contributed by atoms with Gasteiger partial charge in [-0.1, -0.05) is 50.2 Å². The molecule has 3 rings (SSSR count). The van der Waals surface area contributed by atoms with Crippen molar-refractivity contribution in [2.45, 2.75) is 26.7 Å². The molecule has 0 aliphatic carbocycles. The summed E-state index contributed by atoms with van der Waals surface area (Å²) in [7, 11) is 0. The van der Waals surface area contributed by atoms with Crippen LogP contribution in [0.5, 0.6) is 0 Å². The lowest BCUT2D eigenvalue weighted by Gasteiger charge is -2.14. The molecule has 0 saturated carbocycles. The van der Waals surface area contributed by atoms with Crippen LogP contribution in [0.1, 0.15) is 36.5 Å². The molecule has 1 N–H and O–H groups in total. The summed E-state index contributed by atoms with van der Waals surface area (Å²) in [6.45, 7) is 6.44. The summed E-state index contributed by atoms with van der Waals surface area (Å²) in [5.74, 6) is 0.206. The third-order valence-electron chi connectivity index (χ3n) is 4.23. The molecule has 134 valence electrons. The van der Waals surface area contributed by atoms with Gasteiger partial charge in [0.05, 0.1) is 11.6 Å². The van der Waals surface area contributed by atoms with Crippen LogP contribution < -0.4 is 5.32 Å². The van der Waals surface area contributed by atoms with Crippen LogP contribution in [0.3, 0.4) is 0 Å². The Kier molecular flexibility index (Phi) is 5.47. The normalized spacial score (nSPS) is 16.0. The second-order valence-electron chi connectivity index (χ2n) is 6.64. The summed E-state index contributed by atoms with van der Waals surface area (Å²) in [5, 5.41) is 2.89. The largest absolute Gasteiger partial charge is 0.367 e. The minimum Gasteiger partial charge on any atom is -0.367 e. The highest BCUT2D eigenvalue weighted by atomic mass is 32.2. The summed E-state index contributed by atoms with van der Waals surface area (Å²) >= 11 is 0.984. The number of carbonyl (C=O) groups is 2. The number of hydrogen-bond acceptors (Lipinski definition) is 4. The van der Waals surface area contributed by atoms with Crippen LogP contribution in [0.4, 0.5) is 10.5 Å².